The maximum atomic E-state index is 13.1. The maximum Gasteiger partial charge on any atom is 0.316 e. The van der Waals surface area contributed by atoms with E-state index in [4.69, 9.17) is 4.74 Å². The summed E-state index contributed by atoms with van der Waals surface area (Å²) in [4.78, 5) is 25.2. The summed E-state index contributed by atoms with van der Waals surface area (Å²) in [5.41, 5.74) is 0.560. The van der Waals surface area contributed by atoms with Gasteiger partial charge in [0.25, 0.3) is 0 Å². The zero-order valence-electron chi connectivity index (χ0n) is 12.9. The van der Waals surface area contributed by atoms with Crippen molar-refractivity contribution in [2.45, 2.75) is 51.4 Å². The Balaban J connectivity index is 2.34. The Hall–Kier alpha value is -1.64. The van der Waals surface area contributed by atoms with Crippen LogP contribution in [0.25, 0.3) is 0 Å². The number of Topliss-reactive ketones (excluding diaryl/α,β-unsaturated/α-hetero) is 1. The highest BCUT2D eigenvalue weighted by molar-refractivity contribution is 6.04. The Morgan fingerprint density at radius 1 is 1.14 bits per heavy atom. The van der Waals surface area contributed by atoms with Crippen molar-refractivity contribution >= 4 is 11.8 Å². The molecule has 1 aromatic carbocycles. The minimum Gasteiger partial charge on any atom is -0.465 e. The summed E-state index contributed by atoms with van der Waals surface area (Å²) in [6.07, 6.45) is 4.27. The van der Waals surface area contributed by atoms with E-state index < -0.39 is 11.3 Å². The van der Waals surface area contributed by atoms with E-state index in [0.717, 1.165) is 31.2 Å². The Morgan fingerprint density at radius 2 is 1.76 bits per heavy atom. The quantitative estimate of drug-likeness (QED) is 0.592. The normalized spacial score (nSPS) is 18.2. The second-order valence-electron chi connectivity index (χ2n) is 5.73. The van der Waals surface area contributed by atoms with Crippen LogP contribution in [0, 0.1) is 5.92 Å². The maximum absolute atomic E-state index is 13.1. The van der Waals surface area contributed by atoms with E-state index in [1.165, 1.54) is 0 Å². The molecule has 1 aliphatic carbocycles. The van der Waals surface area contributed by atoms with Crippen LogP contribution in [0.4, 0.5) is 0 Å². The number of ether oxygens (including phenoxy) is 1. The van der Waals surface area contributed by atoms with Gasteiger partial charge in [-0.2, -0.15) is 0 Å². The van der Waals surface area contributed by atoms with E-state index in [9.17, 15) is 9.59 Å². The third-order valence-corrected chi connectivity index (χ3v) is 4.55. The highest BCUT2D eigenvalue weighted by Gasteiger charge is 2.46. The van der Waals surface area contributed by atoms with Crippen LogP contribution in [0.3, 0.4) is 0 Å². The third-order valence-electron chi connectivity index (χ3n) is 4.55. The van der Waals surface area contributed by atoms with Crippen molar-refractivity contribution in [2.24, 2.45) is 5.92 Å². The molecule has 2 rings (SSSR count). The van der Waals surface area contributed by atoms with Crippen molar-refractivity contribution in [1.29, 1.82) is 0 Å². The zero-order valence-corrected chi connectivity index (χ0v) is 12.9. The monoisotopic (exact) mass is 288 g/mol. The number of hydrogen-bond donors (Lipinski definition) is 0. The molecule has 3 heteroatoms. The molecule has 0 bridgehead atoms. The molecule has 1 fully saturated rings. The smallest absolute Gasteiger partial charge is 0.316 e. The SMILES string of the molecule is CCOC(=O)C(CC)C(=O)C1(c2ccccc2)CCCC1. The zero-order chi connectivity index (χ0) is 15.3. The summed E-state index contributed by atoms with van der Waals surface area (Å²) in [6.45, 7) is 3.98. The number of rotatable bonds is 6. The minimum atomic E-state index is -0.636. The fourth-order valence-corrected chi connectivity index (χ4v) is 3.45. The topological polar surface area (TPSA) is 43.4 Å². The molecule has 0 aromatic heterocycles. The lowest BCUT2D eigenvalue weighted by Gasteiger charge is -2.31. The van der Waals surface area contributed by atoms with Gasteiger partial charge in [-0.15, -0.1) is 0 Å². The van der Waals surface area contributed by atoms with E-state index in [1.807, 2.05) is 37.3 Å². The summed E-state index contributed by atoms with van der Waals surface area (Å²) in [6, 6.07) is 9.92. The number of benzene rings is 1. The number of carbonyl (C=O) groups excluding carboxylic acids is 2. The van der Waals surface area contributed by atoms with Gasteiger partial charge in [-0.3, -0.25) is 9.59 Å². The van der Waals surface area contributed by atoms with Crippen LogP contribution in [-0.2, 0) is 19.7 Å². The standard InChI is InChI=1S/C18H24O3/c1-3-15(17(20)21-4-2)16(19)18(12-8-9-13-18)14-10-6-5-7-11-14/h5-7,10-11,15H,3-4,8-9,12-13H2,1-2H3. The van der Waals surface area contributed by atoms with Crippen LogP contribution >= 0.6 is 0 Å². The second kappa shape index (κ2) is 6.88. The van der Waals surface area contributed by atoms with Crippen LogP contribution in [0.5, 0.6) is 0 Å². The lowest BCUT2D eigenvalue weighted by atomic mass is 9.71. The van der Waals surface area contributed by atoms with Crippen LogP contribution in [-0.4, -0.2) is 18.4 Å². The first-order valence-electron chi connectivity index (χ1n) is 7.92. The summed E-state index contributed by atoms with van der Waals surface area (Å²) < 4.78 is 5.10. The van der Waals surface area contributed by atoms with Gasteiger partial charge in [0, 0.05) is 0 Å². The van der Waals surface area contributed by atoms with Gasteiger partial charge in [0.2, 0.25) is 0 Å². The molecule has 21 heavy (non-hydrogen) atoms. The van der Waals surface area contributed by atoms with Crippen LogP contribution < -0.4 is 0 Å². The van der Waals surface area contributed by atoms with E-state index in [-0.39, 0.29) is 11.8 Å². The molecule has 3 nitrogen and oxygen atoms in total. The average molecular weight is 288 g/mol. The Labute approximate surface area is 126 Å². The average Bonchev–Trinajstić information content (AvgIpc) is 3.00. The van der Waals surface area contributed by atoms with Crippen molar-refractivity contribution in [3.63, 3.8) is 0 Å². The lowest BCUT2D eigenvalue weighted by Crippen LogP contribution is -2.41. The van der Waals surface area contributed by atoms with Gasteiger partial charge in [0.1, 0.15) is 5.92 Å². The first-order chi connectivity index (χ1) is 10.2. The molecule has 1 unspecified atom stereocenters. The first-order valence-corrected chi connectivity index (χ1v) is 7.92. The molecule has 0 amide bonds. The summed E-state index contributed by atoms with van der Waals surface area (Å²) in [7, 11) is 0. The number of carbonyl (C=O) groups is 2. The Kier molecular flexibility index (Phi) is 5.16. The largest absolute Gasteiger partial charge is 0.465 e. The third kappa shape index (κ3) is 3.02. The van der Waals surface area contributed by atoms with Crippen molar-refractivity contribution < 1.29 is 14.3 Å². The van der Waals surface area contributed by atoms with E-state index in [2.05, 4.69) is 0 Å². The summed E-state index contributed by atoms with van der Waals surface area (Å²) in [5, 5.41) is 0. The van der Waals surface area contributed by atoms with E-state index in [0.29, 0.717) is 13.0 Å². The molecule has 1 saturated carbocycles. The summed E-state index contributed by atoms with van der Waals surface area (Å²) in [5.74, 6) is -0.956. The van der Waals surface area contributed by atoms with Gasteiger partial charge < -0.3 is 4.74 Å². The van der Waals surface area contributed by atoms with Crippen LogP contribution in [0.15, 0.2) is 30.3 Å². The van der Waals surface area contributed by atoms with Crippen LogP contribution in [0.1, 0.15) is 51.5 Å². The highest BCUT2D eigenvalue weighted by Crippen LogP contribution is 2.44. The van der Waals surface area contributed by atoms with E-state index in [1.54, 1.807) is 6.92 Å². The van der Waals surface area contributed by atoms with Gasteiger partial charge >= 0.3 is 5.97 Å². The lowest BCUT2D eigenvalue weighted by molar-refractivity contribution is -0.153. The molecule has 0 spiro atoms. The number of esters is 1. The van der Waals surface area contributed by atoms with Gasteiger partial charge in [-0.1, -0.05) is 50.1 Å². The molecule has 114 valence electrons. The molecule has 1 aromatic rings. The van der Waals surface area contributed by atoms with Gasteiger partial charge in [0.05, 0.1) is 12.0 Å². The van der Waals surface area contributed by atoms with Crippen LogP contribution in [0.2, 0.25) is 0 Å². The number of ketones is 1. The van der Waals surface area contributed by atoms with Gasteiger partial charge in [-0.25, -0.2) is 0 Å². The molecular weight excluding hydrogens is 264 g/mol. The second-order valence-corrected chi connectivity index (χ2v) is 5.73. The predicted octanol–water partition coefficient (Wildman–Crippen LogP) is 3.66. The van der Waals surface area contributed by atoms with Gasteiger partial charge in [0.15, 0.2) is 5.78 Å². The van der Waals surface area contributed by atoms with Crippen molar-refractivity contribution in [3.8, 4) is 0 Å². The minimum absolute atomic E-state index is 0.0483. The Bertz CT molecular complexity index is 486. The molecule has 0 aliphatic heterocycles. The van der Waals surface area contributed by atoms with Crippen molar-refractivity contribution in [1.82, 2.24) is 0 Å². The fraction of sp³-hybridized carbons (Fsp3) is 0.556. The summed E-state index contributed by atoms with van der Waals surface area (Å²) >= 11 is 0. The first kappa shape index (κ1) is 15.7. The number of hydrogen-bond acceptors (Lipinski definition) is 3. The molecule has 0 radical (unpaired) electrons. The van der Waals surface area contributed by atoms with E-state index >= 15 is 0 Å². The predicted molar refractivity (Wildman–Crippen MR) is 82.0 cm³/mol. The molecule has 0 saturated heterocycles. The molecule has 0 heterocycles. The van der Waals surface area contributed by atoms with Gasteiger partial charge in [-0.05, 0) is 31.7 Å². The molecule has 1 atom stereocenters. The highest BCUT2D eigenvalue weighted by atomic mass is 16.5. The Morgan fingerprint density at radius 3 is 2.29 bits per heavy atom. The molecule has 0 N–H and O–H groups in total. The fourth-order valence-electron chi connectivity index (χ4n) is 3.45. The molecular formula is C18H24O3. The van der Waals surface area contributed by atoms with Crippen molar-refractivity contribution in [2.75, 3.05) is 6.61 Å². The molecule has 1 aliphatic rings. The van der Waals surface area contributed by atoms with Crippen molar-refractivity contribution in [3.05, 3.63) is 35.9 Å².